The molecule has 1 unspecified atom stereocenters. The van der Waals surface area contributed by atoms with Gasteiger partial charge in [-0.25, -0.2) is 0 Å². The Labute approximate surface area is 154 Å². The van der Waals surface area contributed by atoms with Crippen LogP contribution in [0.1, 0.15) is 35.6 Å². The maximum Gasteiger partial charge on any atom is 0.244 e. The lowest BCUT2D eigenvalue weighted by atomic mass is 10.0. The minimum Gasteiger partial charge on any atom is -0.497 e. The lowest BCUT2D eigenvalue weighted by Crippen LogP contribution is -2.28. The van der Waals surface area contributed by atoms with Crippen molar-refractivity contribution in [3.63, 3.8) is 0 Å². The Hall–Kier alpha value is -2.75. The average molecular weight is 351 g/mol. The summed E-state index contributed by atoms with van der Waals surface area (Å²) in [6.07, 6.45) is 5.66. The van der Waals surface area contributed by atoms with Crippen molar-refractivity contribution < 1.29 is 14.3 Å². The molecule has 1 aliphatic rings. The Morgan fingerprint density at radius 1 is 1.12 bits per heavy atom. The normalized spacial score (nSPS) is 14.9. The Kier molecular flexibility index (Phi) is 5.61. The van der Waals surface area contributed by atoms with E-state index in [0.29, 0.717) is 11.7 Å². The number of rotatable bonds is 7. The van der Waals surface area contributed by atoms with Gasteiger partial charge in [0.15, 0.2) is 0 Å². The van der Waals surface area contributed by atoms with Crippen LogP contribution >= 0.6 is 0 Å². The topological polar surface area (TPSA) is 47.6 Å². The lowest BCUT2D eigenvalue weighted by Gasteiger charge is -2.18. The monoisotopic (exact) mass is 351 g/mol. The summed E-state index contributed by atoms with van der Waals surface area (Å²) in [5.41, 5.74) is 3.23. The SMILES string of the molecule is COc1ccc(/C=C/C(=O)NC(c2ccc(C)cc2)C2CC2)c(OC)c1. The molecule has 0 bridgehead atoms. The van der Waals surface area contributed by atoms with E-state index in [4.69, 9.17) is 9.47 Å². The number of benzene rings is 2. The van der Waals surface area contributed by atoms with Gasteiger partial charge < -0.3 is 14.8 Å². The largest absolute Gasteiger partial charge is 0.497 e. The van der Waals surface area contributed by atoms with Gasteiger partial charge in [-0.15, -0.1) is 0 Å². The van der Waals surface area contributed by atoms with Gasteiger partial charge in [0.05, 0.1) is 20.3 Å². The summed E-state index contributed by atoms with van der Waals surface area (Å²) in [5, 5.41) is 3.15. The van der Waals surface area contributed by atoms with E-state index >= 15 is 0 Å². The number of ether oxygens (including phenoxy) is 2. The summed E-state index contributed by atoms with van der Waals surface area (Å²) < 4.78 is 10.6. The van der Waals surface area contributed by atoms with Crippen LogP contribution in [0.15, 0.2) is 48.5 Å². The van der Waals surface area contributed by atoms with Crippen LogP contribution in [-0.2, 0) is 4.79 Å². The zero-order valence-electron chi connectivity index (χ0n) is 15.5. The second kappa shape index (κ2) is 8.09. The first-order valence-electron chi connectivity index (χ1n) is 8.88. The van der Waals surface area contributed by atoms with Gasteiger partial charge in [-0.05, 0) is 49.5 Å². The molecule has 4 nitrogen and oxygen atoms in total. The van der Waals surface area contributed by atoms with Gasteiger partial charge in [0, 0.05) is 17.7 Å². The highest BCUT2D eigenvalue weighted by Crippen LogP contribution is 2.41. The number of carbonyl (C=O) groups excluding carboxylic acids is 1. The first kappa shape index (κ1) is 18.1. The molecule has 0 aromatic heterocycles. The third kappa shape index (κ3) is 4.45. The average Bonchev–Trinajstić information content (AvgIpc) is 3.50. The highest BCUT2D eigenvalue weighted by atomic mass is 16.5. The van der Waals surface area contributed by atoms with Crippen LogP contribution in [0.25, 0.3) is 6.08 Å². The summed E-state index contributed by atoms with van der Waals surface area (Å²) in [7, 11) is 3.22. The van der Waals surface area contributed by atoms with Crippen molar-refractivity contribution in [1.82, 2.24) is 5.32 Å². The van der Waals surface area contributed by atoms with Gasteiger partial charge in [-0.3, -0.25) is 4.79 Å². The van der Waals surface area contributed by atoms with Gasteiger partial charge in [0.25, 0.3) is 0 Å². The molecule has 0 saturated heterocycles. The molecule has 26 heavy (non-hydrogen) atoms. The van der Waals surface area contributed by atoms with E-state index in [0.717, 1.165) is 24.2 Å². The Morgan fingerprint density at radius 3 is 2.46 bits per heavy atom. The number of aryl methyl sites for hydroxylation is 1. The van der Waals surface area contributed by atoms with E-state index < -0.39 is 0 Å². The fourth-order valence-electron chi connectivity index (χ4n) is 3.00. The molecule has 0 spiro atoms. The van der Waals surface area contributed by atoms with Gasteiger partial charge in [-0.1, -0.05) is 29.8 Å². The fraction of sp³-hybridized carbons (Fsp3) is 0.318. The van der Waals surface area contributed by atoms with E-state index in [2.05, 4.69) is 36.5 Å². The van der Waals surface area contributed by atoms with E-state index in [1.54, 1.807) is 32.4 Å². The highest BCUT2D eigenvalue weighted by Gasteiger charge is 2.33. The predicted molar refractivity (Wildman–Crippen MR) is 103 cm³/mol. The summed E-state index contributed by atoms with van der Waals surface area (Å²) in [4.78, 5) is 12.5. The minimum absolute atomic E-state index is 0.0745. The van der Waals surface area contributed by atoms with Crippen molar-refractivity contribution in [1.29, 1.82) is 0 Å². The third-order valence-electron chi connectivity index (χ3n) is 4.68. The second-order valence-electron chi connectivity index (χ2n) is 6.68. The molecule has 3 rings (SSSR count). The van der Waals surface area contributed by atoms with Crippen molar-refractivity contribution in [2.24, 2.45) is 5.92 Å². The van der Waals surface area contributed by atoms with Crippen molar-refractivity contribution in [3.05, 3.63) is 65.2 Å². The number of hydrogen-bond acceptors (Lipinski definition) is 3. The van der Waals surface area contributed by atoms with Gasteiger partial charge in [-0.2, -0.15) is 0 Å². The zero-order valence-corrected chi connectivity index (χ0v) is 15.5. The number of methoxy groups -OCH3 is 2. The maximum atomic E-state index is 12.5. The highest BCUT2D eigenvalue weighted by molar-refractivity contribution is 5.92. The molecular formula is C22H25NO3. The van der Waals surface area contributed by atoms with Crippen molar-refractivity contribution in [2.75, 3.05) is 14.2 Å². The molecule has 0 radical (unpaired) electrons. The lowest BCUT2D eigenvalue weighted by molar-refractivity contribution is -0.117. The number of carbonyl (C=O) groups is 1. The molecule has 1 fully saturated rings. The standard InChI is InChI=1S/C22H25NO3/c1-15-4-6-17(7-5-15)22(18-8-9-18)23-21(24)13-11-16-10-12-19(25-2)14-20(16)26-3/h4-7,10-14,18,22H,8-9H2,1-3H3,(H,23,24)/b13-11+. The molecule has 136 valence electrons. The first-order valence-corrected chi connectivity index (χ1v) is 8.88. The molecule has 2 aromatic carbocycles. The first-order chi connectivity index (χ1) is 12.6. The summed E-state index contributed by atoms with van der Waals surface area (Å²) >= 11 is 0. The van der Waals surface area contributed by atoms with E-state index in [1.807, 2.05) is 12.1 Å². The van der Waals surface area contributed by atoms with Crippen molar-refractivity contribution in [3.8, 4) is 11.5 Å². The van der Waals surface area contributed by atoms with E-state index in [-0.39, 0.29) is 11.9 Å². The molecule has 1 amide bonds. The summed E-state index contributed by atoms with van der Waals surface area (Å²) in [6, 6.07) is 14.0. The molecule has 1 N–H and O–H groups in total. The molecule has 0 heterocycles. The summed E-state index contributed by atoms with van der Waals surface area (Å²) in [6.45, 7) is 2.07. The Balaban J connectivity index is 1.71. The summed E-state index contributed by atoms with van der Waals surface area (Å²) in [5.74, 6) is 1.83. The van der Waals surface area contributed by atoms with Crippen LogP contribution in [-0.4, -0.2) is 20.1 Å². The number of hydrogen-bond donors (Lipinski definition) is 1. The Bertz CT molecular complexity index is 792. The molecule has 1 aliphatic carbocycles. The second-order valence-corrected chi connectivity index (χ2v) is 6.68. The molecule has 4 heteroatoms. The van der Waals surface area contributed by atoms with Crippen LogP contribution < -0.4 is 14.8 Å². The van der Waals surface area contributed by atoms with Gasteiger partial charge in [0.2, 0.25) is 5.91 Å². The van der Waals surface area contributed by atoms with Crippen molar-refractivity contribution >= 4 is 12.0 Å². The van der Waals surface area contributed by atoms with Crippen LogP contribution in [0, 0.1) is 12.8 Å². The quantitative estimate of drug-likeness (QED) is 0.757. The predicted octanol–water partition coefficient (Wildman–Crippen LogP) is 4.29. The van der Waals surface area contributed by atoms with Crippen LogP contribution in [0.2, 0.25) is 0 Å². The van der Waals surface area contributed by atoms with E-state index in [9.17, 15) is 4.79 Å². The van der Waals surface area contributed by atoms with E-state index in [1.165, 1.54) is 11.1 Å². The minimum atomic E-state index is -0.0969. The van der Waals surface area contributed by atoms with Crippen molar-refractivity contribution in [2.45, 2.75) is 25.8 Å². The Morgan fingerprint density at radius 2 is 1.85 bits per heavy atom. The fourth-order valence-corrected chi connectivity index (χ4v) is 3.00. The van der Waals surface area contributed by atoms with Crippen LogP contribution in [0.4, 0.5) is 0 Å². The zero-order chi connectivity index (χ0) is 18.5. The van der Waals surface area contributed by atoms with Gasteiger partial charge >= 0.3 is 0 Å². The maximum absolute atomic E-state index is 12.5. The number of nitrogens with one attached hydrogen (secondary N) is 1. The van der Waals surface area contributed by atoms with Crippen LogP contribution in [0.5, 0.6) is 11.5 Å². The molecular weight excluding hydrogens is 326 g/mol. The molecule has 2 aromatic rings. The molecule has 0 aliphatic heterocycles. The molecule has 1 atom stereocenters. The third-order valence-corrected chi connectivity index (χ3v) is 4.68. The van der Waals surface area contributed by atoms with Crippen LogP contribution in [0.3, 0.4) is 0 Å². The number of amides is 1. The van der Waals surface area contributed by atoms with Gasteiger partial charge in [0.1, 0.15) is 11.5 Å². The molecule has 1 saturated carbocycles. The smallest absolute Gasteiger partial charge is 0.244 e.